The second-order valence-corrected chi connectivity index (χ2v) is 4.16. The number of hydrogen-bond donors (Lipinski definition) is 2. The van der Waals surface area contributed by atoms with Crippen molar-refractivity contribution in [2.24, 2.45) is 0 Å². The molecule has 2 N–H and O–H groups in total. The number of aromatic carboxylic acids is 1. The van der Waals surface area contributed by atoms with E-state index in [-0.39, 0.29) is 0 Å². The predicted molar refractivity (Wildman–Crippen MR) is 64.3 cm³/mol. The fraction of sp³-hybridized carbons (Fsp3) is 0.154. The van der Waals surface area contributed by atoms with Gasteiger partial charge in [-0.25, -0.2) is 4.79 Å². The Morgan fingerprint density at radius 2 is 2.24 bits per heavy atom. The normalized spacial score (nSPS) is 13.2. The van der Waals surface area contributed by atoms with E-state index in [2.05, 4.69) is 16.0 Å². The molecule has 0 spiro atoms. The van der Waals surface area contributed by atoms with Crippen molar-refractivity contribution in [2.45, 2.75) is 13.1 Å². The summed E-state index contributed by atoms with van der Waals surface area (Å²) in [4.78, 5) is 10.9. The van der Waals surface area contributed by atoms with Gasteiger partial charge in [0.15, 0.2) is 0 Å². The monoisotopic (exact) mass is 228 g/mol. The van der Waals surface area contributed by atoms with Crippen molar-refractivity contribution in [1.29, 1.82) is 0 Å². The summed E-state index contributed by atoms with van der Waals surface area (Å²) in [5.74, 6) is -0.890. The third kappa shape index (κ3) is 1.67. The minimum atomic E-state index is -0.890. The summed E-state index contributed by atoms with van der Waals surface area (Å²) in [6.45, 7) is 1.51. The van der Waals surface area contributed by atoms with Crippen LogP contribution in [-0.4, -0.2) is 15.6 Å². The van der Waals surface area contributed by atoms with Crippen molar-refractivity contribution in [3.8, 4) is 0 Å². The van der Waals surface area contributed by atoms with Crippen LogP contribution in [0.2, 0.25) is 0 Å². The van der Waals surface area contributed by atoms with Crippen molar-refractivity contribution >= 4 is 11.7 Å². The van der Waals surface area contributed by atoms with Crippen LogP contribution >= 0.6 is 0 Å². The van der Waals surface area contributed by atoms with E-state index in [1.54, 1.807) is 12.1 Å². The van der Waals surface area contributed by atoms with Crippen LogP contribution < -0.4 is 5.32 Å². The Morgan fingerprint density at radius 1 is 1.35 bits per heavy atom. The van der Waals surface area contributed by atoms with Crippen LogP contribution in [0.5, 0.6) is 0 Å². The van der Waals surface area contributed by atoms with Gasteiger partial charge in [-0.2, -0.15) is 0 Å². The molecule has 0 bridgehead atoms. The number of carbonyl (C=O) groups is 1. The van der Waals surface area contributed by atoms with Crippen LogP contribution in [-0.2, 0) is 13.1 Å². The van der Waals surface area contributed by atoms with Gasteiger partial charge in [0, 0.05) is 24.1 Å². The highest BCUT2D eigenvalue weighted by atomic mass is 16.4. The van der Waals surface area contributed by atoms with E-state index in [4.69, 9.17) is 5.11 Å². The van der Waals surface area contributed by atoms with Crippen molar-refractivity contribution < 1.29 is 9.90 Å². The number of hydrogen-bond acceptors (Lipinski definition) is 2. The van der Waals surface area contributed by atoms with E-state index >= 15 is 0 Å². The SMILES string of the molecule is O=C(O)c1ccc2c(c1)NCc1cccn1C2. The maximum absolute atomic E-state index is 10.9. The van der Waals surface area contributed by atoms with Gasteiger partial charge in [-0.05, 0) is 29.8 Å². The zero-order valence-corrected chi connectivity index (χ0v) is 9.18. The lowest BCUT2D eigenvalue weighted by Gasteiger charge is -2.08. The van der Waals surface area contributed by atoms with E-state index < -0.39 is 5.97 Å². The van der Waals surface area contributed by atoms with E-state index in [9.17, 15) is 4.79 Å². The number of rotatable bonds is 1. The smallest absolute Gasteiger partial charge is 0.335 e. The highest BCUT2D eigenvalue weighted by Gasteiger charge is 2.13. The molecule has 0 radical (unpaired) electrons. The molecule has 1 aromatic carbocycles. The fourth-order valence-corrected chi connectivity index (χ4v) is 2.15. The van der Waals surface area contributed by atoms with Gasteiger partial charge in [0.25, 0.3) is 0 Å². The Bertz CT molecular complexity index is 587. The minimum absolute atomic E-state index is 0.322. The Balaban J connectivity index is 2.04. The number of aromatic nitrogens is 1. The summed E-state index contributed by atoms with van der Waals surface area (Å²) in [7, 11) is 0. The maximum atomic E-state index is 10.9. The molecule has 1 aliphatic rings. The molecular weight excluding hydrogens is 216 g/mol. The van der Waals surface area contributed by atoms with Crippen molar-refractivity contribution in [2.75, 3.05) is 5.32 Å². The average Bonchev–Trinajstić information content (AvgIpc) is 2.68. The number of carboxylic acid groups (broad SMARTS) is 1. The molecular formula is C13H12N2O2. The van der Waals surface area contributed by atoms with Gasteiger partial charge in [-0.15, -0.1) is 0 Å². The van der Waals surface area contributed by atoms with Crippen LogP contribution in [0.3, 0.4) is 0 Å². The van der Waals surface area contributed by atoms with E-state index in [0.29, 0.717) is 5.56 Å². The zero-order valence-electron chi connectivity index (χ0n) is 9.18. The first-order valence-corrected chi connectivity index (χ1v) is 5.48. The lowest BCUT2D eigenvalue weighted by atomic mass is 10.1. The number of nitrogens with zero attached hydrogens (tertiary/aromatic N) is 1. The molecule has 86 valence electrons. The minimum Gasteiger partial charge on any atom is -0.478 e. The first-order valence-electron chi connectivity index (χ1n) is 5.48. The first-order chi connectivity index (χ1) is 8.24. The first kappa shape index (κ1) is 9.96. The van der Waals surface area contributed by atoms with Crippen molar-refractivity contribution in [3.05, 3.63) is 53.3 Å². The Morgan fingerprint density at radius 3 is 3.06 bits per heavy atom. The standard InChI is InChI=1S/C13H12N2O2/c16-13(17)9-3-4-10-8-15-5-1-2-11(15)7-14-12(10)6-9/h1-6,14H,7-8H2,(H,16,17). The van der Waals surface area contributed by atoms with Crippen LogP contribution in [0.1, 0.15) is 21.6 Å². The summed E-state index contributed by atoms with van der Waals surface area (Å²) >= 11 is 0. The van der Waals surface area contributed by atoms with Gasteiger partial charge in [-0.1, -0.05) is 6.07 Å². The van der Waals surface area contributed by atoms with Crippen molar-refractivity contribution in [1.82, 2.24) is 4.57 Å². The highest BCUT2D eigenvalue weighted by molar-refractivity contribution is 5.89. The molecule has 0 saturated carbocycles. The molecule has 1 aliphatic heterocycles. The van der Waals surface area contributed by atoms with Crippen LogP contribution in [0, 0.1) is 0 Å². The van der Waals surface area contributed by atoms with Crippen molar-refractivity contribution in [3.63, 3.8) is 0 Å². The molecule has 0 unspecified atom stereocenters. The summed E-state index contributed by atoms with van der Waals surface area (Å²) in [6, 6.07) is 9.31. The van der Waals surface area contributed by atoms with E-state index in [0.717, 1.165) is 24.3 Å². The molecule has 4 nitrogen and oxygen atoms in total. The summed E-state index contributed by atoms with van der Waals surface area (Å²) in [5.41, 5.74) is 3.56. The lowest BCUT2D eigenvalue weighted by molar-refractivity contribution is 0.0697. The largest absolute Gasteiger partial charge is 0.478 e. The quantitative estimate of drug-likeness (QED) is 0.786. The van der Waals surface area contributed by atoms with Gasteiger partial charge in [0.2, 0.25) is 0 Å². The van der Waals surface area contributed by atoms with E-state index in [1.165, 1.54) is 5.69 Å². The van der Waals surface area contributed by atoms with Gasteiger partial charge in [0.1, 0.15) is 0 Å². The average molecular weight is 228 g/mol. The molecule has 2 aromatic rings. The Hall–Kier alpha value is -2.23. The summed E-state index contributed by atoms with van der Waals surface area (Å²) < 4.78 is 2.17. The number of fused-ring (bicyclic) bond motifs is 2. The molecule has 0 fully saturated rings. The molecule has 1 aromatic heterocycles. The molecule has 0 saturated heterocycles. The van der Waals surface area contributed by atoms with Gasteiger partial charge >= 0.3 is 5.97 Å². The molecule has 0 aliphatic carbocycles. The molecule has 0 amide bonds. The maximum Gasteiger partial charge on any atom is 0.335 e. The Labute approximate surface area is 98.5 Å². The number of benzene rings is 1. The van der Waals surface area contributed by atoms with Crippen LogP contribution in [0.4, 0.5) is 5.69 Å². The fourth-order valence-electron chi connectivity index (χ4n) is 2.15. The lowest BCUT2D eigenvalue weighted by Crippen LogP contribution is -2.02. The Kier molecular flexibility index (Phi) is 2.14. The molecule has 2 heterocycles. The van der Waals surface area contributed by atoms with Crippen LogP contribution in [0.25, 0.3) is 0 Å². The van der Waals surface area contributed by atoms with Crippen LogP contribution in [0.15, 0.2) is 36.5 Å². The summed E-state index contributed by atoms with van der Waals surface area (Å²) in [5, 5.41) is 12.2. The topological polar surface area (TPSA) is 54.3 Å². The molecule has 17 heavy (non-hydrogen) atoms. The third-order valence-corrected chi connectivity index (χ3v) is 3.08. The molecule has 4 heteroatoms. The molecule has 3 rings (SSSR count). The second kappa shape index (κ2) is 3.66. The van der Waals surface area contributed by atoms with Gasteiger partial charge < -0.3 is 15.0 Å². The second-order valence-electron chi connectivity index (χ2n) is 4.16. The number of nitrogens with one attached hydrogen (secondary N) is 1. The van der Waals surface area contributed by atoms with Gasteiger partial charge in [0.05, 0.1) is 12.1 Å². The predicted octanol–water partition coefficient (Wildman–Crippen LogP) is 2.16. The van der Waals surface area contributed by atoms with E-state index in [1.807, 2.05) is 18.3 Å². The number of anilines is 1. The van der Waals surface area contributed by atoms with Gasteiger partial charge in [-0.3, -0.25) is 0 Å². The highest BCUT2D eigenvalue weighted by Crippen LogP contribution is 2.23. The molecule has 0 atom stereocenters. The zero-order chi connectivity index (χ0) is 11.8. The summed E-state index contributed by atoms with van der Waals surface area (Å²) in [6.07, 6.45) is 2.04. The third-order valence-electron chi connectivity index (χ3n) is 3.08. The number of carboxylic acids is 1.